The molecule has 0 radical (unpaired) electrons. The molecule has 0 amide bonds. The van der Waals surface area contributed by atoms with Crippen molar-refractivity contribution in [2.24, 2.45) is 0 Å². The predicted molar refractivity (Wildman–Crippen MR) is 320 cm³/mol. The Morgan fingerprint density at radius 2 is 0.527 bits per heavy atom. The minimum absolute atomic E-state index is 0.0877. The molecule has 6 heteroatoms. The highest BCUT2D eigenvalue weighted by Crippen LogP contribution is 2.15. The van der Waals surface area contributed by atoms with E-state index in [4.69, 9.17) is 14.2 Å². The summed E-state index contributed by atoms with van der Waals surface area (Å²) in [4.78, 5) is 38.2. The van der Waals surface area contributed by atoms with Crippen LogP contribution in [0.1, 0.15) is 284 Å². The van der Waals surface area contributed by atoms with Gasteiger partial charge in [-0.15, -0.1) is 0 Å². The topological polar surface area (TPSA) is 78.9 Å². The predicted octanol–water partition coefficient (Wildman–Crippen LogP) is 21.0. The molecular weight excluding hydrogens is 913 g/mol. The minimum Gasteiger partial charge on any atom is -0.462 e. The van der Waals surface area contributed by atoms with Gasteiger partial charge in [-0.1, -0.05) is 265 Å². The molecular formula is C68H114O6. The Morgan fingerprint density at radius 3 is 0.824 bits per heavy atom. The molecule has 0 rings (SSSR count). The quantitative estimate of drug-likeness (QED) is 0.0261. The van der Waals surface area contributed by atoms with Gasteiger partial charge in [0.1, 0.15) is 13.2 Å². The number of esters is 3. The number of carbonyl (C=O) groups is 3. The summed E-state index contributed by atoms with van der Waals surface area (Å²) in [6.45, 7) is 6.49. The zero-order chi connectivity index (χ0) is 53.6. The minimum atomic E-state index is -0.792. The molecule has 0 aromatic heterocycles. The van der Waals surface area contributed by atoms with Crippen LogP contribution in [-0.2, 0) is 28.6 Å². The van der Waals surface area contributed by atoms with Crippen LogP contribution in [0.4, 0.5) is 0 Å². The van der Waals surface area contributed by atoms with Crippen molar-refractivity contribution in [2.75, 3.05) is 13.2 Å². The number of rotatable bonds is 55. The van der Waals surface area contributed by atoms with Gasteiger partial charge >= 0.3 is 17.9 Å². The molecule has 0 heterocycles. The van der Waals surface area contributed by atoms with Crippen molar-refractivity contribution in [1.29, 1.82) is 0 Å². The first kappa shape index (κ1) is 70.1. The van der Waals surface area contributed by atoms with Gasteiger partial charge in [0.25, 0.3) is 0 Å². The van der Waals surface area contributed by atoms with Crippen LogP contribution in [0.3, 0.4) is 0 Å². The van der Waals surface area contributed by atoms with E-state index < -0.39 is 6.10 Å². The van der Waals surface area contributed by atoms with Gasteiger partial charge in [-0.3, -0.25) is 14.4 Å². The van der Waals surface area contributed by atoms with Crippen LogP contribution < -0.4 is 0 Å². The van der Waals surface area contributed by atoms with Crippen molar-refractivity contribution in [3.8, 4) is 0 Å². The van der Waals surface area contributed by atoms with Crippen LogP contribution in [0.15, 0.2) is 109 Å². The SMILES string of the molecule is CC/C=C\C/C=C\C/C=C\C/C=C\C/C=C\C/C=C\CCCCCCCCC(=O)OCC(COC(=O)CCCCCCCCCCCC)OC(=O)CCCCCCCC/C=C\C/C=C\C/C=C\CCCCCCC. The van der Waals surface area contributed by atoms with Gasteiger partial charge in [-0.05, 0) is 109 Å². The summed E-state index contributed by atoms with van der Waals surface area (Å²) in [7, 11) is 0. The molecule has 0 aliphatic carbocycles. The molecule has 6 nitrogen and oxygen atoms in total. The fourth-order valence-corrected chi connectivity index (χ4v) is 8.39. The molecule has 422 valence electrons. The van der Waals surface area contributed by atoms with E-state index in [0.717, 1.165) is 135 Å². The van der Waals surface area contributed by atoms with Crippen molar-refractivity contribution in [3.63, 3.8) is 0 Å². The number of carbonyl (C=O) groups excluding carboxylic acids is 3. The maximum Gasteiger partial charge on any atom is 0.306 e. The Bertz CT molecular complexity index is 1510. The molecule has 0 saturated heterocycles. The second-order valence-corrected chi connectivity index (χ2v) is 20.2. The average molecular weight is 1030 g/mol. The number of ether oxygens (including phenoxy) is 3. The Kier molecular flexibility index (Phi) is 58.3. The van der Waals surface area contributed by atoms with Crippen LogP contribution in [0.2, 0.25) is 0 Å². The van der Waals surface area contributed by atoms with E-state index in [1.54, 1.807) is 0 Å². The van der Waals surface area contributed by atoms with Gasteiger partial charge < -0.3 is 14.2 Å². The average Bonchev–Trinajstić information content (AvgIpc) is 3.40. The summed E-state index contributed by atoms with van der Waals surface area (Å²) in [5.74, 6) is -0.913. The van der Waals surface area contributed by atoms with Crippen molar-refractivity contribution in [3.05, 3.63) is 109 Å². The van der Waals surface area contributed by atoms with E-state index in [9.17, 15) is 14.4 Å². The van der Waals surface area contributed by atoms with E-state index in [2.05, 4.69) is 130 Å². The van der Waals surface area contributed by atoms with E-state index in [-0.39, 0.29) is 31.1 Å². The zero-order valence-corrected chi connectivity index (χ0v) is 48.3. The number of hydrogen-bond acceptors (Lipinski definition) is 6. The van der Waals surface area contributed by atoms with Crippen molar-refractivity contribution < 1.29 is 28.6 Å². The second kappa shape index (κ2) is 61.6. The Balaban J connectivity index is 4.35. The normalized spacial score (nSPS) is 12.9. The lowest BCUT2D eigenvalue weighted by Gasteiger charge is -2.18. The summed E-state index contributed by atoms with van der Waals surface area (Å²) in [6.07, 6.45) is 83.7. The number of unbranched alkanes of at least 4 members (excludes halogenated alkanes) is 26. The van der Waals surface area contributed by atoms with Gasteiger partial charge in [0, 0.05) is 19.3 Å². The summed E-state index contributed by atoms with van der Waals surface area (Å²) >= 11 is 0. The van der Waals surface area contributed by atoms with Crippen LogP contribution in [0.25, 0.3) is 0 Å². The highest BCUT2D eigenvalue weighted by atomic mass is 16.6. The Labute approximate surface area is 457 Å². The van der Waals surface area contributed by atoms with Gasteiger partial charge in [-0.25, -0.2) is 0 Å². The number of allylic oxidation sites excluding steroid dienone is 18. The summed E-state index contributed by atoms with van der Waals surface area (Å²) in [6, 6.07) is 0. The standard InChI is InChI=1S/C68H114O6/c1-4-7-10-13-16-19-22-24-26-28-30-32-33-34-35-37-38-40-42-44-46-49-52-55-58-61-67(70)73-64-65(63-72-66(69)60-57-54-51-48-21-18-15-12-9-6-3)74-68(71)62-59-56-53-50-47-45-43-41-39-36-31-29-27-25-23-20-17-14-11-8-5-2/h7,10,16,19,23-26,29-32,34-35,38-41,65H,4-6,8-9,11-15,17-18,20-22,27-28,33,36-37,42-64H2,1-3H3/b10-7-,19-16-,25-23-,26-24-,31-29-,32-30-,35-34-,40-38-,41-39-. The third-order valence-electron chi connectivity index (χ3n) is 13.0. The third-order valence-corrected chi connectivity index (χ3v) is 13.0. The van der Waals surface area contributed by atoms with E-state index in [1.807, 2.05) is 0 Å². The molecule has 1 unspecified atom stereocenters. The van der Waals surface area contributed by atoms with Crippen LogP contribution in [0, 0.1) is 0 Å². The first-order valence-electron chi connectivity index (χ1n) is 30.9. The van der Waals surface area contributed by atoms with E-state index in [1.165, 1.54) is 109 Å². The van der Waals surface area contributed by atoms with Crippen molar-refractivity contribution >= 4 is 17.9 Å². The van der Waals surface area contributed by atoms with Crippen LogP contribution in [0.5, 0.6) is 0 Å². The summed E-state index contributed by atoms with van der Waals surface area (Å²) < 4.78 is 16.9. The van der Waals surface area contributed by atoms with Crippen LogP contribution >= 0.6 is 0 Å². The summed E-state index contributed by atoms with van der Waals surface area (Å²) in [5.41, 5.74) is 0. The summed E-state index contributed by atoms with van der Waals surface area (Å²) in [5, 5.41) is 0. The molecule has 1 atom stereocenters. The first-order valence-corrected chi connectivity index (χ1v) is 30.9. The Morgan fingerprint density at radius 1 is 0.284 bits per heavy atom. The smallest absolute Gasteiger partial charge is 0.306 e. The largest absolute Gasteiger partial charge is 0.462 e. The second-order valence-electron chi connectivity index (χ2n) is 20.2. The van der Waals surface area contributed by atoms with Gasteiger partial charge in [-0.2, -0.15) is 0 Å². The van der Waals surface area contributed by atoms with Gasteiger partial charge in [0.2, 0.25) is 0 Å². The third kappa shape index (κ3) is 59.0. The molecule has 0 fully saturated rings. The maximum atomic E-state index is 12.9. The van der Waals surface area contributed by atoms with E-state index >= 15 is 0 Å². The lowest BCUT2D eigenvalue weighted by molar-refractivity contribution is -0.167. The van der Waals surface area contributed by atoms with Crippen molar-refractivity contribution in [2.45, 2.75) is 290 Å². The zero-order valence-electron chi connectivity index (χ0n) is 48.3. The molecule has 0 aromatic carbocycles. The first-order chi connectivity index (χ1) is 36.5. The molecule has 74 heavy (non-hydrogen) atoms. The molecule has 0 aliphatic heterocycles. The van der Waals surface area contributed by atoms with E-state index in [0.29, 0.717) is 19.3 Å². The molecule has 0 aromatic rings. The highest BCUT2D eigenvalue weighted by Gasteiger charge is 2.19. The molecule has 0 saturated carbocycles. The fourth-order valence-electron chi connectivity index (χ4n) is 8.39. The molecule has 0 N–H and O–H groups in total. The lowest BCUT2D eigenvalue weighted by Crippen LogP contribution is -2.30. The molecule has 0 spiro atoms. The van der Waals surface area contributed by atoms with Crippen molar-refractivity contribution in [1.82, 2.24) is 0 Å². The highest BCUT2D eigenvalue weighted by molar-refractivity contribution is 5.71. The monoisotopic (exact) mass is 1030 g/mol. The molecule has 0 aliphatic rings. The molecule has 0 bridgehead atoms. The maximum absolute atomic E-state index is 12.9. The number of hydrogen-bond donors (Lipinski definition) is 0. The van der Waals surface area contributed by atoms with Gasteiger partial charge in [0.05, 0.1) is 0 Å². The van der Waals surface area contributed by atoms with Gasteiger partial charge in [0.15, 0.2) is 6.10 Å². The Hall–Kier alpha value is -3.93. The lowest BCUT2D eigenvalue weighted by atomic mass is 10.1. The van der Waals surface area contributed by atoms with Crippen LogP contribution in [-0.4, -0.2) is 37.2 Å². The fraction of sp³-hybridized carbons (Fsp3) is 0.691.